The fourth-order valence-corrected chi connectivity index (χ4v) is 4.05. The number of amides is 1. The maximum atomic E-state index is 11.9. The van der Waals surface area contributed by atoms with E-state index in [4.69, 9.17) is 0 Å². The lowest BCUT2D eigenvalue weighted by Crippen LogP contribution is -2.30. The number of rotatable bonds is 5. The lowest BCUT2D eigenvalue weighted by Gasteiger charge is -2.21. The monoisotopic (exact) mass is 300 g/mol. The molecule has 3 nitrogen and oxygen atoms in total. The van der Waals surface area contributed by atoms with E-state index >= 15 is 0 Å². The number of carbonyl (C=O) groups excluding carboxylic acids is 1. The predicted molar refractivity (Wildman–Crippen MR) is 84.1 cm³/mol. The molecule has 3 aliphatic rings. The number of hydrogen-bond donors (Lipinski definition) is 2. The third-order valence-corrected chi connectivity index (χ3v) is 5.32. The number of hydrogen-bond acceptors (Lipinski definition) is 2. The molecule has 1 saturated heterocycles. The second-order valence-corrected chi connectivity index (χ2v) is 6.80. The zero-order chi connectivity index (χ0) is 13.1. The van der Waals surface area contributed by atoms with Gasteiger partial charge in [0.05, 0.1) is 0 Å². The highest BCUT2D eigenvalue weighted by atomic mass is 35.5. The van der Waals surface area contributed by atoms with Crippen molar-refractivity contribution < 1.29 is 4.79 Å². The second kappa shape index (κ2) is 7.65. The summed E-state index contributed by atoms with van der Waals surface area (Å²) in [5, 5.41) is 6.72. The van der Waals surface area contributed by atoms with Gasteiger partial charge in [-0.1, -0.05) is 32.1 Å². The SMILES string of the molecule is Cl.O=C(CC[C@@H]1CCCN1)NC1CC1C1CCCCC1. The maximum Gasteiger partial charge on any atom is 0.220 e. The van der Waals surface area contributed by atoms with Crippen LogP contribution in [0.1, 0.15) is 64.2 Å². The van der Waals surface area contributed by atoms with Gasteiger partial charge in [0.25, 0.3) is 0 Å². The molecule has 1 amide bonds. The summed E-state index contributed by atoms with van der Waals surface area (Å²) in [6, 6.07) is 1.12. The number of carbonyl (C=O) groups is 1. The first-order valence-electron chi connectivity index (χ1n) is 8.35. The summed E-state index contributed by atoms with van der Waals surface area (Å²) in [4.78, 5) is 11.9. The molecule has 2 saturated carbocycles. The van der Waals surface area contributed by atoms with Gasteiger partial charge >= 0.3 is 0 Å². The summed E-state index contributed by atoms with van der Waals surface area (Å²) >= 11 is 0. The van der Waals surface area contributed by atoms with Crippen molar-refractivity contribution in [2.24, 2.45) is 11.8 Å². The van der Waals surface area contributed by atoms with E-state index in [1.807, 2.05) is 0 Å². The van der Waals surface area contributed by atoms with Crippen LogP contribution < -0.4 is 10.6 Å². The molecule has 3 atom stereocenters. The van der Waals surface area contributed by atoms with E-state index in [1.165, 1.54) is 51.4 Å². The molecule has 1 heterocycles. The third-order valence-electron chi connectivity index (χ3n) is 5.32. The van der Waals surface area contributed by atoms with Crippen molar-refractivity contribution in [1.82, 2.24) is 10.6 Å². The van der Waals surface area contributed by atoms with E-state index < -0.39 is 0 Å². The van der Waals surface area contributed by atoms with Gasteiger partial charge in [-0.15, -0.1) is 12.4 Å². The molecule has 2 aliphatic carbocycles. The van der Waals surface area contributed by atoms with E-state index in [-0.39, 0.29) is 18.3 Å². The van der Waals surface area contributed by atoms with Crippen molar-refractivity contribution in [1.29, 1.82) is 0 Å². The van der Waals surface area contributed by atoms with E-state index in [9.17, 15) is 4.79 Å². The molecule has 0 aromatic rings. The first-order valence-corrected chi connectivity index (χ1v) is 8.35. The standard InChI is InChI=1S/C16H28N2O.ClH/c19-16(9-8-13-7-4-10-17-13)18-15-11-14(15)12-5-2-1-3-6-12;/h12-15,17H,1-11H2,(H,18,19);1H/t13-,14?,15?;/m0./s1. The van der Waals surface area contributed by atoms with Gasteiger partial charge in [0.2, 0.25) is 5.91 Å². The average molecular weight is 301 g/mol. The molecule has 2 N–H and O–H groups in total. The van der Waals surface area contributed by atoms with E-state index in [2.05, 4.69) is 10.6 Å². The summed E-state index contributed by atoms with van der Waals surface area (Å²) < 4.78 is 0. The molecular weight excluding hydrogens is 272 g/mol. The maximum absolute atomic E-state index is 11.9. The van der Waals surface area contributed by atoms with Crippen LogP contribution in [0.15, 0.2) is 0 Å². The van der Waals surface area contributed by atoms with Crippen LogP contribution in [0.5, 0.6) is 0 Å². The minimum Gasteiger partial charge on any atom is -0.353 e. The van der Waals surface area contributed by atoms with Crippen molar-refractivity contribution in [3.63, 3.8) is 0 Å². The van der Waals surface area contributed by atoms with Gasteiger partial charge in [-0.3, -0.25) is 4.79 Å². The highest BCUT2D eigenvalue weighted by molar-refractivity contribution is 5.85. The van der Waals surface area contributed by atoms with Crippen molar-refractivity contribution in [2.75, 3.05) is 6.54 Å². The lowest BCUT2D eigenvalue weighted by atomic mass is 9.85. The summed E-state index contributed by atoms with van der Waals surface area (Å²) in [5.74, 6) is 2.02. The Bertz CT molecular complexity index is 312. The molecule has 3 rings (SSSR count). The van der Waals surface area contributed by atoms with Crippen LogP contribution in [0.4, 0.5) is 0 Å². The largest absolute Gasteiger partial charge is 0.353 e. The van der Waals surface area contributed by atoms with Gasteiger partial charge in [0, 0.05) is 18.5 Å². The van der Waals surface area contributed by atoms with Gasteiger partial charge in [0.1, 0.15) is 0 Å². The Hall–Kier alpha value is -0.280. The zero-order valence-corrected chi connectivity index (χ0v) is 13.2. The van der Waals surface area contributed by atoms with Crippen molar-refractivity contribution in [2.45, 2.75) is 76.3 Å². The van der Waals surface area contributed by atoms with Gasteiger partial charge in [0.15, 0.2) is 0 Å². The summed E-state index contributed by atoms with van der Waals surface area (Å²) in [7, 11) is 0. The fourth-order valence-electron chi connectivity index (χ4n) is 4.05. The molecule has 1 aliphatic heterocycles. The number of halogens is 1. The van der Waals surface area contributed by atoms with Crippen LogP contribution in [0.25, 0.3) is 0 Å². The van der Waals surface area contributed by atoms with Gasteiger partial charge in [-0.05, 0) is 44.1 Å². The van der Waals surface area contributed by atoms with Crippen LogP contribution in [-0.4, -0.2) is 24.5 Å². The van der Waals surface area contributed by atoms with E-state index in [0.717, 1.165) is 24.8 Å². The molecule has 116 valence electrons. The average Bonchev–Trinajstić information content (AvgIpc) is 3.00. The summed E-state index contributed by atoms with van der Waals surface area (Å²) in [6.45, 7) is 1.14. The van der Waals surface area contributed by atoms with Crippen molar-refractivity contribution in [3.05, 3.63) is 0 Å². The molecule has 0 aromatic carbocycles. The van der Waals surface area contributed by atoms with Crippen LogP contribution in [0.3, 0.4) is 0 Å². The first kappa shape index (κ1) is 16.1. The van der Waals surface area contributed by atoms with Gasteiger partial charge < -0.3 is 10.6 Å². The zero-order valence-electron chi connectivity index (χ0n) is 12.4. The first-order chi connectivity index (χ1) is 9.33. The summed E-state index contributed by atoms with van der Waals surface area (Å²) in [5.41, 5.74) is 0. The topological polar surface area (TPSA) is 41.1 Å². The van der Waals surface area contributed by atoms with Gasteiger partial charge in [-0.25, -0.2) is 0 Å². The normalized spacial score (nSPS) is 33.5. The van der Waals surface area contributed by atoms with Crippen LogP contribution in [-0.2, 0) is 4.79 Å². The van der Waals surface area contributed by atoms with Crippen LogP contribution in [0.2, 0.25) is 0 Å². The highest BCUT2D eigenvalue weighted by Gasteiger charge is 2.43. The minimum atomic E-state index is 0. The molecule has 0 bridgehead atoms. The Morgan fingerprint density at radius 1 is 1.10 bits per heavy atom. The third kappa shape index (κ3) is 4.36. The molecule has 20 heavy (non-hydrogen) atoms. The molecule has 0 radical (unpaired) electrons. The number of nitrogens with one attached hydrogen (secondary N) is 2. The summed E-state index contributed by atoms with van der Waals surface area (Å²) in [6.07, 6.45) is 12.6. The van der Waals surface area contributed by atoms with Crippen LogP contribution in [0, 0.1) is 11.8 Å². The fraction of sp³-hybridized carbons (Fsp3) is 0.938. The smallest absolute Gasteiger partial charge is 0.220 e. The Kier molecular flexibility index (Phi) is 6.16. The molecule has 4 heteroatoms. The quantitative estimate of drug-likeness (QED) is 0.819. The minimum absolute atomic E-state index is 0. The molecule has 0 spiro atoms. The van der Waals surface area contributed by atoms with Crippen LogP contribution >= 0.6 is 12.4 Å². The molecule has 3 fully saturated rings. The predicted octanol–water partition coefficient (Wildman–Crippen LogP) is 3.03. The van der Waals surface area contributed by atoms with E-state index in [0.29, 0.717) is 18.5 Å². The lowest BCUT2D eigenvalue weighted by molar-refractivity contribution is -0.121. The Morgan fingerprint density at radius 3 is 2.60 bits per heavy atom. The molecule has 0 aromatic heterocycles. The molecular formula is C16H29ClN2O. The highest BCUT2D eigenvalue weighted by Crippen LogP contribution is 2.44. The Balaban J connectivity index is 0.00000147. The van der Waals surface area contributed by atoms with Gasteiger partial charge in [-0.2, -0.15) is 0 Å². The van der Waals surface area contributed by atoms with E-state index in [1.54, 1.807) is 0 Å². The Labute approximate surface area is 129 Å². The second-order valence-electron chi connectivity index (χ2n) is 6.80. The Morgan fingerprint density at radius 2 is 1.90 bits per heavy atom. The molecule has 2 unspecified atom stereocenters. The van der Waals surface area contributed by atoms with Crippen molar-refractivity contribution in [3.8, 4) is 0 Å². The van der Waals surface area contributed by atoms with Crippen molar-refractivity contribution >= 4 is 18.3 Å².